The van der Waals surface area contributed by atoms with Crippen molar-refractivity contribution >= 4 is 23.7 Å². The summed E-state index contributed by atoms with van der Waals surface area (Å²) in [4.78, 5) is 24.7. The van der Waals surface area contributed by atoms with E-state index in [1.54, 1.807) is 30.3 Å². The van der Waals surface area contributed by atoms with Gasteiger partial charge in [0.25, 0.3) is 11.8 Å². The number of hydrogen-bond acceptors (Lipinski definition) is 4. The topological polar surface area (TPSA) is 84.7 Å². The van der Waals surface area contributed by atoms with Crippen LogP contribution >= 0.6 is 0 Å². The third-order valence-electron chi connectivity index (χ3n) is 5.41. The highest BCUT2D eigenvalue weighted by atomic mass is 16.5. The molecular formula is C28H26N4O3. The zero-order chi connectivity index (χ0) is 24.6. The lowest BCUT2D eigenvalue weighted by Gasteiger charge is -2.09. The summed E-state index contributed by atoms with van der Waals surface area (Å²) in [6.07, 6.45) is 5.35. The van der Waals surface area contributed by atoms with Crippen LogP contribution < -0.4 is 15.5 Å². The van der Waals surface area contributed by atoms with Gasteiger partial charge in [0.1, 0.15) is 5.75 Å². The van der Waals surface area contributed by atoms with Crippen molar-refractivity contribution in [3.8, 4) is 11.4 Å². The second kappa shape index (κ2) is 11.0. The van der Waals surface area contributed by atoms with E-state index in [1.807, 2.05) is 79.3 Å². The van der Waals surface area contributed by atoms with Gasteiger partial charge in [0.15, 0.2) is 6.61 Å². The minimum absolute atomic E-state index is 0.123. The van der Waals surface area contributed by atoms with Crippen LogP contribution in [0, 0.1) is 13.8 Å². The van der Waals surface area contributed by atoms with Crippen LogP contribution in [-0.4, -0.2) is 29.2 Å². The molecule has 176 valence electrons. The molecule has 0 aliphatic rings. The number of nitrogens with one attached hydrogen (secondary N) is 2. The number of anilines is 1. The number of nitrogens with zero attached hydrogens (tertiary/aromatic N) is 2. The number of carbonyl (C=O) groups excluding carboxylic acids is 2. The zero-order valence-corrected chi connectivity index (χ0v) is 19.6. The Balaban J connectivity index is 1.30. The molecule has 0 spiro atoms. The van der Waals surface area contributed by atoms with Gasteiger partial charge in [-0.15, -0.1) is 0 Å². The molecule has 0 bridgehead atoms. The average molecular weight is 467 g/mol. The van der Waals surface area contributed by atoms with Crippen molar-refractivity contribution < 1.29 is 14.3 Å². The Bertz CT molecular complexity index is 1360. The van der Waals surface area contributed by atoms with Gasteiger partial charge in [-0.2, -0.15) is 5.10 Å². The van der Waals surface area contributed by atoms with Crippen LogP contribution in [0.4, 0.5) is 5.69 Å². The van der Waals surface area contributed by atoms with Crippen molar-refractivity contribution in [1.29, 1.82) is 0 Å². The molecule has 1 heterocycles. The van der Waals surface area contributed by atoms with E-state index in [1.165, 1.54) is 11.8 Å². The van der Waals surface area contributed by atoms with Crippen molar-refractivity contribution in [2.45, 2.75) is 13.8 Å². The molecule has 2 N–H and O–H groups in total. The molecule has 0 fully saturated rings. The molecule has 3 aromatic carbocycles. The van der Waals surface area contributed by atoms with Gasteiger partial charge in [-0.3, -0.25) is 9.59 Å². The zero-order valence-electron chi connectivity index (χ0n) is 19.6. The van der Waals surface area contributed by atoms with Crippen LogP contribution in [0.5, 0.6) is 5.75 Å². The predicted octanol–water partition coefficient (Wildman–Crippen LogP) is 4.88. The van der Waals surface area contributed by atoms with E-state index in [0.717, 1.165) is 22.5 Å². The number of aryl methyl sites for hydroxylation is 2. The van der Waals surface area contributed by atoms with Gasteiger partial charge in [-0.1, -0.05) is 24.3 Å². The Hall–Kier alpha value is -4.65. The number of benzene rings is 3. The normalized spacial score (nSPS) is 10.8. The van der Waals surface area contributed by atoms with Gasteiger partial charge in [-0.25, -0.2) is 5.43 Å². The summed E-state index contributed by atoms with van der Waals surface area (Å²) in [7, 11) is 0. The van der Waals surface area contributed by atoms with E-state index in [2.05, 4.69) is 15.8 Å². The highest BCUT2D eigenvalue weighted by Gasteiger charge is 2.07. The maximum atomic E-state index is 12.5. The first kappa shape index (κ1) is 23.5. The second-order valence-corrected chi connectivity index (χ2v) is 8.05. The molecule has 0 atom stereocenters. The van der Waals surface area contributed by atoms with E-state index < -0.39 is 0 Å². The fourth-order valence-corrected chi connectivity index (χ4v) is 3.39. The van der Waals surface area contributed by atoms with Crippen molar-refractivity contribution in [2.75, 3.05) is 11.9 Å². The monoisotopic (exact) mass is 466 g/mol. The van der Waals surface area contributed by atoms with Gasteiger partial charge in [-0.05, 0) is 85.1 Å². The van der Waals surface area contributed by atoms with Gasteiger partial charge >= 0.3 is 0 Å². The lowest BCUT2D eigenvalue weighted by Crippen LogP contribution is -2.20. The number of carbonyl (C=O) groups is 2. The molecule has 2 amide bonds. The van der Waals surface area contributed by atoms with Crippen molar-refractivity contribution in [3.05, 3.63) is 114 Å². The third-order valence-corrected chi connectivity index (χ3v) is 5.41. The predicted molar refractivity (Wildman–Crippen MR) is 137 cm³/mol. The number of hydrazone groups is 1. The molecule has 0 saturated heterocycles. The van der Waals surface area contributed by atoms with Crippen LogP contribution in [0.25, 0.3) is 5.69 Å². The minimum Gasteiger partial charge on any atom is -0.484 e. The minimum atomic E-state index is -0.314. The van der Waals surface area contributed by atoms with E-state index in [-0.39, 0.29) is 18.4 Å². The van der Waals surface area contributed by atoms with Crippen molar-refractivity contribution in [3.63, 3.8) is 0 Å². The van der Waals surface area contributed by atoms with Crippen LogP contribution in [0.2, 0.25) is 0 Å². The number of amides is 2. The van der Waals surface area contributed by atoms with Crippen LogP contribution in [0.3, 0.4) is 0 Å². The van der Waals surface area contributed by atoms with Crippen LogP contribution in [-0.2, 0) is 4.79 Å². The lowest BCUT2D eigenvalue weighted by atomic mass is 10.1. The number of hydrogen-bond donors (Lipinski definition) is 2. The molecule has 35 heavy (non-hydrogen) atoms. The summed E-state index contributed by atoms with van der Waals surface area (Å²) in [6.45, 7) is 3.90. The standard InChI is InChI=1S/C28H26N4O3/c1-20-11-12-24(15-21(20)2)30-27(33)19-35-26-10-5-7-22(16-26)18-29-31-28(34)23-8-6-9-25(17-23)32-13-3-4-14-32/h3-18H,19H2,1-2H3,(H,30,33)(H,31,34). The summed E-state index contributed by atoms with van der Waals surface area (Å²) in [5, 5.41) is 6.88. The van der Waals surface area contributed by atoms with Gasteiger partial charge in [0.05, 0.1) is 6.21 Å². The number of rotatable bonds is 8. The Morgan fingerprint density at radius 3 is 2.51 bits per heavy atom. The Morgan fingerprint density at radius 2 is 1.71 bits per heavy atom. The van der Waals surface area contributed by atoms with E-state index in [9.17, 15) is 9.59 Å². The fourth-order valence-electron chi connectivity index (χ4n) is 3.39. The molecule has 1 aromatic heterocycles. The molecule has 7 nitrogen and oxygen atoms in total. The summed E-state index contributed by atoms with van der Waals surface area (Å²) in [6, 6.07) is 24.0. The van der Waals surface area contributed by atoms with E-state index in [4.69, 9.17) is 4.74 Å². The first-order valence-corrected chi connectivity index (χ1v) is 11.1. The van der Waals surface area contributed by atoms with Crippen molar-refractivity contribution in [1.82, 2.24) is 9.99 Å². The summed E-state index contributed by atoms with van der Waals surface area (Å²) >= 11 is 0. The third kappa shape index (κ3) is 6.45. The molecule has 0 aliphatic heterocycles. The molecule has 0 aliphatic carbocycles. The summed E-state index contributed by atoms with van der Waals surface area (Å²) < 4.78 is 7.54. The van der Waals surface area contributed by atoms with E-state index in [0.29, 0.717) is 11.3 Å². The second-order valence-electron chi connectivity index (χ2n) is 8.05. The molecule has 4 rings (SSSR count). The highest BCUT2D eigenvalue weighted by molar-refractivity contribution is 5.95. The Morgan fingerprint density at radius 1 is 0.914 bits per heavy atom. The first-order chi connectivity index (χ1) is 17.0. The quantitative estimate of drug-likeness (QED) is 0.287. The Labute approximate surface area is 204 Å². The first-order valence-electron chi connectivity index (χ1n) is 11.1. The lowest BCUT2D eigenvalue weighted by molar-refractivity contribution is -0.118. The average Bonchev–Trinajstić information content (AvgIpc) is 3.41. The maximum absolute atomic E-state index is 12.5. The molecule has 0 radical (unpaired) electrons. The summed E-state index contributed by atoms with van der Waals surface area (Å²) in [5.74, 6) is -0.0395. The van der Waals surface area contributed by atoms with Crippen LogP contribution in [0.15, 0.2) is 96.4 Å². The van der Waals surface area contributed by atoms with Crippen molar-refractivity contribution in [2.24, 2.45) is 5.10 Å². The highest BCUT2D eigenvalue weighted by Crippen LogP contribution is 2.15. The fraction of sp³-hybridized carbons (Fsp3) is 0.107. The van der Waals surface area contributed by atoms with Gasteiger partial charge in [0, 0.05) is 29.3 Å². The Kier molecular flexibility index (Phi) is 7.37. The number of ether oxygens (including phenoxy) is 1. The molecule has 0 saturated carbocycles. The van der Waals surface area contributed by atoms with Gasteiger partial charge in [0.2, 0.25) is 0 Å². The van der Waals surface area contributed by atoms with Gasteiger partial charge < -0.3 is 14.6 Å². The SMILES string of the molecule is Cc1ccc(NC(=O)COc2cccc(C=NNC(=O)c3cccc(-n4cccc4)c3)c2)cc1C. The largest absolute Gasteiger partial charge is 0.484 e. The molecule has 0 unspecified atom stereocenters. The number of aromatic nitrogens is 1. The maximum Gasteiger partial charge on any atom is 0.271 e. The van der Waals surface area contributed by atoms with Crippen LogP contribution in [0.1, 0.15) is 27.0 Å². The smallest absolute Gasteiger partial charge is 0.271 e. The molecule has 4 aromatic rings. The van der Waals surface area contributed by atoms with E-state index >= 15 is 0 Å². The molecule has 7 heteroatoms. The molecular weight excluding hydrogens is 440 g/mol. The summed E-state index contributed by atoms with van der Waals surface area (Å²) in [5.41, 5.74) is 7.66.